The molecule has 0 aliphatic heterocycles. The molecule has 0 spiro atoms. The van der Waals surface area contributed by atoms with Crippen LogP contribution in [-0.4, -0.2) is 9.97 Å². The highest BCUT2D eigenvalue weighted by molar-refractivity contribution is 14.1. The molecule has 5 nitrogen and oxygen atoms in total. The summed E-state index contributed by atoms with van der Waals surface area (Å²) in [4.78, 5) is 7.99. The van der Waals surface area contributed by atoms with Gasteiger partial charge in [0, 0.05) is 11.9 Å². The molecule has 0 radical (unpaired) electrons. The van der Waals surface area contributed by atoms with E-state index in [-0.39, 0.29) is 0 Å². The van der Waals surface area contributed by atoms with Crippen molar-refractivity contribution in [3.63, 3.8) is 0 Å². The summed E-state index contributed by atoms with van der Waals surface area (Å²) >= 11 is 2.11. The Balaban J connectivity index is 2.35. The van der Waals surface area contributed by atoms with Gasteiger partial charge in [0.1, 0.15) is 24.3 Å². The minimum Gasteiger partial charge on any atom is -0.339 e. The van der Waals surface area contributed by atoms with Gasteiger partial charge in [-0.1, -0.05) is 0 Å². The SMILES string of the molecule is N#Cc1ccc(Nc2ncncc2I)cc1C#N. The van der Waals surface area contributed by atoms with E-state index in [1.165, 1.54) is 6.33 Å². The minimum absolute atomic E-state index is 0.339. The Labute approximate surface area is 117 Å². The zero-order valence-corrected chi connectivity index (χ0v) is 11.2. The Kier molecular flexibility index (Phi) is 3.70. The number of nitriles is 2. The van der Waals surface area contributed by atoms with Crippen molar-refractivity contribution in [3.05, 3.63) is 45.4 Å². The van der Waals surface area contributed by atoms with Gasteiger partial charge >= 0.3 is 0 Å². The maximum absolute atomic E-state index is 8.94. The van der Waals surface area contributed by atoms with E-state index < -0.39 is 0 Å². The van der Waals surface area contributed by atoms with E-state index in [2.05, 4.69) is 37.9 Å². The molecular weight excluding hydrogens is 341 g/mol. The second kappa shape index (κ2) is 5.43. The van der Waals surface area contributed by atoms with Crippen LogP contribution in [0.4, 0.5) is 11.5 Å². The van der Waals surface area contributed by atoms with Gasteiger partial charge in [0.25, 0.3) is 0 Å². The van der Waals surface area contributed by atoms with Crippen molar-refractivity contribution < 1.29 is 0 Å². The highest BCUT2D eigenvalue weighted by Gasteiger charge is 2.05. The number of hydrogen-bond acceptors (Lipinski definition) is 5. The predicted octanol–water partition coefficient (Wildman–Crippen LogP) is 2.57. The van der Waals surface area contributed by atoms with Gasteiger partial charge in [-0.3, -0.25) is 0 Å². The highest BCUT2D eigenvalue weighted by Crippen LogP contribution is 2.21. The average molecular weight is 347 g/mol. The molecule has 18 heavy (non-hydrogen) atoms. The zero-order chi connectivity index (χ0) is 13.0. The molecule has 0 amide bonds. The Bertz CT molecular complexity index is 669. The van der Waals surface area contributed by atoms with E-state index in [0.29, 0.717) is 22.6 Å². The van der Waals surface area contributed by atoms with Crippen molar-refractivity contribution in [3.8, 4) is 12.1 Å². The summed E-state index contributed by atoms with van der Waals surface area (Å²) in [6.45, 7) is 0. The number of benzene rings is 1. The van der Waals surface area contributed by atoms with Crippen molar-refractivity contribution in [1.82, 2.24) is 9.97 Å². The standard InChI is InChI=1S/C12H6IN5/c13-11-6-16-7-17-12(11)18-10-2-1-8(4-14)9(3-10)5-15/h1-3,6-7H,(H,16,17,18). The summed E-state index contributed by atoms with van der Waals surface area (Å²) in [6, 6.07) is 8.92. The van der Waals surface area contributed by atoms with E-state index in [1.807, 2.05) is 12.1 Å². The topological polar surface area (TPSA) is 85.4 Å². The van der Waals surface area contributed by atoms with E-state index in [1.54, 1.807) is 24.4 Å². The van der Waals surface area contributed by atoms with Gasteiger partial charge in [0.15, 0.2) is 0 Å². The van der Waals surface area contributed by atoms with Crippen molar-refractivity contribution in [2.24, 2.45) is 0 Å². The van der Waals surface area contributed by atoms with Crippen LogP contribution in [0.3, 0.4) is 0 Å². The maximum Gasteiger partial charge on any atom is 0.147 e. The van der Waals surface area contributed by atoms with Crippen molar-refractivity contribution in [2.45, 2.75) is 0 Å². The van der Waals surface area contributed by atoms with Crippen molar-refractivity contribution in [2.75, 3.05) is 5.32 Å². The number of aromatic nitrogens is 2. The molecule has 6 heteroatoms. The molecule has 0 fully saturated rings. The molecule has 86 valence electrons. The molecule has 2 aromatic rings. The lowest BCUT2D eigenvalue weighted by Gasteiger charge is -2.07. The average Bonchev–Trinajstić information content (AvgIpc) is 2.41. The fraction of sp³-hybridized carbons (Fsp3) is 0. The second-order valence-corrected chi connectivity index (χ2v) is 4.49. The number of halogens is 1. The van der Waals surface area contributed by atoms with Gasteiger partial charge in [-0.05, 0) is 40.8 Å². The molecule has 1 aromatic carbocycles. The lowest BCUT2D eigenvalue weighted by molar-refractivity contribution is 1.15. The van der Waals surface area contributed by atoms with Crippen LogP contribution in [0.15, 0.2) is 30.7 Å². The maximum atomic E-state index is 8.94. The van der Waals surface area contributed by atoms with Crippen LogP contribution >= 0.6 is 22.6 Å². The smallest absolute Gasteiger partial charge is 0.147 e. The highest BCUT2D eigenvalue weighted by atomic mass is 127. The first-order chi connectivity index (χ1) is 8.74. The van der Waals surface area contributed by atoms with Gasteiger partial charge in [-0.15, -0.1) is 0 Å². The first-order valence-corrected chi connectivity index (χ1v) is 5.99. The molecule has 0 saturated heterocycles. The molecule has 1 heterocycles. The summed E-state index contributed by atoms with van der Waals surface area (Å²) in [5.41, 5.74) is 1.41. The van der Waals surface area contributed by atoms with E-state index in [9.17, 15) is 0 Å². The van der Waals surface area contributed by atoms with Crippen LogP contribution in [0.25, 0.3) is 0 Å². The van der Waals surface area contributed by atoms with Crippen LogP contribution in [0, 0.1) is 26.2 Å². The Morgan fingerprint density at radius 2 is 1.94 bits per heavy atom. The van der Waals surface area contributed by atoms with Crippen LogP contribution in [0.1, 0.15) is 11.1 Å². The summed E-state index contributed by atoms with van der Waals surface area (Å²) in [6.07, 6.45) is 3.13. The molecular formula is C12H6IN5. The van der Waals surface area contributed by atoms with Crippen molar-refractivity contribution in [1.29, 1.82) is 10.5 Å². The summed E-state index contributed by atoms with van der Waals surface area (Å²) in [7, 11) is 0. The summed E-state index contributed by atoms with van der Waals surface area (Å²) in [5, 5.41) is 20.8. The fourth-order valence-electron chi connectivity index (χ4n) is 1.35. The lowest BCUT2D eigenvalue weighted by Crippen LogP contribution is -1.97. The van der Waals surface area contributed by atoms with E-state index in [0.717, 1.165) is 3.57 Å². The lowest BCUT2D eigenvalue weighted by atomic mass is 10.1. The number of nitrogens with zero attached hydrogens (tertiary/aromatic N) is 4. The van der Waals surface area contributed by atoms with Crippen LogP contribution in [-0.2, 0) is 0 Å². The molecule has 0 atom stereocenters. The number of nitrogens with one attached hydrogen (secondary N) is 1. The molecule has 2 rings (SSSR count). The Morgan fingerprint density at radius 1 is 1.17 bits per heavy atom. The number of hydrogen-bond donors (Lipinski definition) is 1. The third-order valence-electron chi connectivity index (χ3n) is 2.19. The minimum atomic E-state index is 0.339. The molecule has 0 aliphatic carbocycles. The van der Waals surface area contributed by atoms with Gasteiger partial charge in [-0.25, -0.2) is 9.97 Å². The van der Waals surface area contributed by atoms with E-state index >= 15 is 0 Å². The Hall–Kier alpha value is -2.19. The fourth-order valence-corrected chi connectivity index (χ4v) is 1.79. The van der Waals surface area contributed by atoms with E-state index in [4.69, 9.17) is 10.5 Å². The summed E-state index contributed by atoms with van der Waals surface area (Å²) < 4.78 is 0.873. The molecule has 1 aromatic heterocycles. The van der Waals surface area contributed by atoms with Gasteiger partial charge in [-0.2, -0.15) is 10.5 Å². The monoisotopic (exact) mass is 347 g/mol. The molecule has 0 unspecified atom stereocenters. The quantitative estimate of drug-likeness (QED) is 0.844. The predicted molar refractivity (Wildman–Crippen MR) is 73.9 cm³/mol. The molecule has 0 saturated carbocycles. The molecule has 0 aliphatic rings. The number of rotatable bonds is 2. The van der Waals surface area contributed by atoms with Crippen molar-refractivity contribution >= 4 is 34.1 Å². The van der Waals surface area contributed by atoms with Gasteiger partial charge in [0.05, 0.1) is 14.7 Å². The first-order valence-electron chi connectivity index (χ1n) is 4.91. The van der Waals surface area contributed by atoms with Crippen LogP contribution < -0.4 is 5.32 Å². The van der Waals surface area contributed by atoms with Crippen LogP contribution in [0.2, 0.25) is 0 Å². The number of anilines is 2. The van der Waals surface area contributed by atoms with Crippen LogP contribution in [0.5, 0.6) is 0 Å². The third kappa shape index (κ3) is 2.55. The second-order valence-electron chi connectivity index (χ2n) is 3.33. The largest absolute Gasteiger partial charge is 0.339 e. The molecule has 1 N–H and O–H groups in total. The first kappa shape index (κ1) is 12.3. The zero-order valence-electron chi connectivity index (χ0n) is 9.05. The van der Waals surface area contributed by atoms with Gasteiger partial charge < -0.3 is 5.32 Å². The normalized spacial score (nSPS) is 9.28. The van der Waals surface area contributed by atoms with Gasteiger partial charge in [0.2, 0.25) is 0 Å². The Morgan fingerprint density at radius 3 is 2.61 bits per heavy atom. The third-order valence-corrected chi connectivity index (χ3v) is 2.98. The summed E-state index contributed by atoms with van der Waals surface area (Å²) in [5.74, 6) is 0.666. The molecule has 0 bridgehead atoms.